The molecule has 1 aromatic carbocycles. The summed E-state index contributed by atoms with van der Waals surface area (Å²) in [7, 11) is 0. The summed E-state index contributed by atoms with van der Waals surface area (Å²) in [5, 5.41) is 14.5. The summed E-state index contributed by atoms with van der Waals surface area (Å²) < 4.78 is 12.7. The van der Waals surface area contributed by atoms with Crippen LogP contribution in [-0.2, 0) is 11.3 Å². The zero-order valence-corrected chi connectivity index (χ0v) is 16.1. The van der Waals surface area contributed by atoms with E-state index in [1.54, 1.807) is 12.1 Å². The summed E-state index contributed by atoms with van der Waals surface area (Å²) >= 11 is 0. The summed E-state index contributed by atoms with van der Waals surface area (Å²) in [4.78, 5) is 19.6. The van der Waals surface area contributed by atoms with Crippen LogP contribution >= 0.6 is 0 Å². The molecule has 8 nitrogen and oxygen atoms in total. The quantitative estimate of drug-likeness (QED) is 0.732. The van der Waals surface area contributed by atoms with Gasteiger partial charge in [-0.3, -0.25) is 14.3 Å². The molecule has 2 aliphatic heterocycles. The SMILES string of the molecule is O=c1c2ccc(OCCN3CCOCC3)cc2ncn1CC1(O)CCNCC1. The molecule has 1 aromatic heterocycles. The smallest absolute Gasteiger partial charge is 0.261 e. The fourth-order valence-corrected chi connectivity index (χ4v) is 3.83. The summed E-state index contributed by atoms with van der Waals surface area (Å²) in [5.74, 6) is 0.711. The summed E-state index contributed by atoms with van der Waals surface area (Å²) in [6.07, 6.45) is 2.79. The van der Waals surface area contributed by atoms with E-state index in [4.69, 9.17) is 9.47 Å². The van der Waals surface area contributed by atoms with E-state index in [9.17, 15) is 9.90 Å². The number of aromatic nitrogens is 2. The fraction of sp³-hybridized carbons (Fsp3) is 0.600. The zero-order chi connectivity index (χ0) is 19.4. The van der Waals surface area contributed by atoms with Crippen LogP contribution in [0.4, 0.5) is 0 Å². The molecular formula is C20H28N4O4. The first kappa shape index (κ1) is 19.3. The molecule has 2 fully saturated rings. The van der Waals surface area contributed by atoms with Crippen molar-refractivity contribution in [2.75, 3.05) is 52.5 Å². The average molecular weight is 388 g/mol. The summed E-state index contributed by atoms with van der Waals surface area (Å²) in [6, 6.07) is 5.38. The molecule has 4 rings (SSSR count). The van der Waals surface area contributed by atoms with Crippen molar-refractivity contribution in [3.63, 3.8) is 0 Å². The van der Waals surface area contributed by atoms with E-state index in [-0.39, 0.29) is 12.1 Å². The van der Waals surface area contributed by atoms with Crippen LogP contribution in [0.5, 0.6) is 5.75 Å². The van der Waals surface area contributed by atoms with Gasteiger partial charge in [0.05, 0.1) is 42.6 Å². The lowest BCUT2D eigenvalue weighted by Gasteiger charge is -2.32. The Labute approximate surface area is 164 Å². The molecule has 0 atom stereocenters. The molecule has 2 N–H and O–H groups in total. The highest BCUT2D eigenvalue weighted by Gasteiger charge is 2.30. The lowest BCUT2D eigenvalue weighted by Crippen LogP contribution is -2.46. The monoisotopic (exact) mass is 388 g/mol. The van der Waals surface area contributed by atoms with Gasteiger partial charge >= 0.3 is 0 Å². The van der Waals surface area contributed by atoms with E-state index in [0.717, 1.165) is 45.9 Å². The largest absolute Gasteiger partial charge is 0.492 e. The van der Waals surface area contributed by atoms with Crippen molar-refractivity contribution in [2.45, 2.75) is 25.0 Å². The Morgan fingerprint density at radius 2 is 2.04 bits per heavy atom. The summed E-state index contributed by atoms with van der Waals surface area (Å²) in [5.41, 5.74) is -0.369. The van der Waals surface area contributed by atoms with Gasteiger partial charge in [-0.25, -0.2) is 4.98 Å². The van der Waals surface area contributed by atoms with Gasteiger partial charge in [-0.2, -0.15) is 0 Å². The molecule has 0 saturated carbocycles. The predicted molar refractivity (Wildman–Crippen MR) is 106 cm³/mol. The standard InChI is InChI=1S/C20H28N4O4/c25-19-17-2-1-16(28-12-9-23-7-10-27-11-8-23)13-18(17)22-15-24(19)14-20(26)3-5-21-6-4-20/h1-2,13,15,21,26H,3-12,14H2. The molecule has 28 heavy (non-hydrogen) atoms. The first-order valence-electron chi connectivity index (χ1n) is 9.98. The van der Waals surface area contributed by atoms with Crippen molar-refractivity contribution in [2.24, 2.45) is 0 Å². The maximum Gasteiger partial charge on any atom is 0.261 e. The Hall–Kier alpha value is -2.00. The van der Waals surface area contributed by atoms with Gasteiger partial charge in [0.25, 0.3) is 5.56 Å². The van der Waals surface area contributed by atoms with Crippen LogP contribution in [0.2, 0.25) is 0 Å². The van der Waals surface area contributed by atoms with Crippen LogP contribution in [0.15, 0.2) is 29.3 Å². The van der Waals surface area contributed by atoms with Crippen LogP contribution in [0, 0.1) is 0 Å². The minimum absolute atomic E-state index is 0.128. The Balaban J connectivity index is 1.43. The van der Waals surface area contributed by atoms with Gasteiger partial charge < -0.3 is 19.9 Å². The van der Waals surface area contributed by atoms with Crippen LogP contribution in [0.25, 0.3) is 10.9 Å². The third-order valence-corrected chi connectivity index (χ3v) is 5.58. The van der Waals surface area contributed by atoms with E-state index in [2.05, 4.69) is 15.2 Å². The Kier molecular flexibility index (Phi) is 5.91. The second-order valence-corrected chi connectivity index (χ2v) is 7.63. The predicted octanol–water partition coefficient (Wildman–Crippen LogP) is 0.222. The van der Waals surface area contributed by atoms with Gasteiger partial charge in [0.15, 0.2) is 0 Å². The number of hydrogen-bond donors (Lipinski definition) is 2. The van der Waals surface area contributed by atoms with Crippen molar-refractivity contribution in [3.8, 4) is 5.75 Å². The average Bonchev–Trinajstić information content (AvgIpc) is 2.71. The van der Waals surface area contributed by atoms with Gasteiger partial charge in [-0.05, 0) is 38.1 Å². The molecule has 0 amide bonds. The number of aliphatic hydroxyl groups is 1. The number of ether oxygens (including phenoxy) is 2. The molecule has 8 heteroatoms. The molecular weight excluding hydrogens is 360 g/mol. The van der Waals surface area contributed by atoms with Gasteiger partial charge in [-0.1, -0.05) is 0 Å². The molecule has 0 unspecified atom stereocenters. The third kappa shape index (κ3) is 4.52. The number of piperidine rings is 1. The lowest BCUT2D eigenvalue weighted by molar-refractivity contribution is -0.00627. The van der Waals surface area contributed by atoms with E-state index in [1.165, 1.54) is 10.9 Å². The van der Waals surface area contributed by atoms with Crippen LogP contribution in [0.3, 0.4) is 0 Å². The first-order valence-corrected chi connectivity index (χ1v) is 9.98. The molecule has 2 aromatic rings. The maximum absolute atomic E-state index is 12.8. The molecule has 0 radical (unpaired) electrons. The van der Waals surface area contributed by atoms with E-state index in [1.807, 2.05) is 6.07 Å². The van der Waals surface area contributed by atoms with Crippen molar-refractivity contribution in [1.82, 2.24) is 19.8 Å². The van der Waals surface area contributed by atoms with Gasteiger partial charge in [0, 0.05) is 25.7 Å². The lowest BCUT2D eigenvalue weighted by atomic mass is 9.92. The second kappa shape index (κ2) is 8.57. The molecule has 152 valence electrons. The van der Waals surface area contributed by atoms with Crippen molar-refractivity contribution < 1.29 is 14.6 Å². The highest BCUT2D eigenvalue weighted by atomic mass is 16.5. The number of nitrogens with zero attached hydrogens (tertiary/aromatic N) is 3. The van der Waals surface area contributed by atoms with Gasteiger partial charge in [0.1, 0.15) is 12.4 Å². The minimum atomic E-state index is -0.854. The molecule has 2 aliphatic rings. The molecule has 0 aliphatic carbocycles. The van der Waals surface area contributed by atoms with Crippen molar-refractivity contribution >= 4 is 10.9 Å². The summed E-state index contributed by atoms with van der Waals surface area (Å²) in [6.45, 7) is 6.65. The van der Waals surface area contributed by atoms with Crippen LogP contribution < -0.4 is 15.6 Å². The highest BCUT2D eigenvalue weighted by Crippen LogP contribution is 2.21. The van der Waals surface area contributed by atoms with Crippen molar-refractivity contribution in [1.29, 1.82) is 0 Å². The zero-order valence-electron chi connectivity index (χ0n) is 16.1. The van der Waals surface area contributed by atoms with Crippen LogP contribution in [-0.4, -0.2) is 77.7 Å². The number of rotatable bonds is 6. The van der Waals surface area contributed by atoms with Crippen molar-refractivity contribution in [3.05, 3.63) is 34.9 Å². The Morgan fingerprint density at radius 1 is 1.25 bits per heavy atom. The third-order valence-electron chi connectivity index (χ3n) is 5.58. The molecule has 0 bridgehead atoms. The number of fused-ring (bicyclic) bond motifs is 1. The number of benzene rings is 1. The Morgan fingerprint density at radius 3 is 2.82 bits per heavy atom. The molecule has 0 spiro atoms. The maximum atomic E-state index is 12.8. The van der Waals surface area contributed by atoms with Crippen LogP contribution in [0.1, 0.15) is 12.8 Å². The molecule has 3 heterocycles. The number of morpholine rings is 1. The van der Waals surface area contributed by atoms with E-state index >= 15 is 0 Å². The topological polar surface area (TPSA) is 88.8 Å². The molecule has 2 saturated heterocycles. The first-order chi connectivity index (χ1) is 13.6. The normalized spacial score (nSPS) is 20.3. The van der Waals surface area contributed by atoms with E-state index in [0.29, 0.717) is 36.1 Å². The van der Waals surface area contributed by atoms with Gasteiger partial charge in [0.2, 0.25) is 0 Å². The van der Waals surface area contributed by atoms with E-state index < -0.39 is 5.60 Å². The number of nitrogens with one attached hydrogen (secondary N) is 1. The highest BCUT2D eigenvalue weighted by molar-refractivity contribution is 5.78. The minimum Gasteiger partial charge on any atom is -0.492 e. The fourth-order valence-electron chi connectivity index (χ4n) is 3.83. The van der Waals surface area contributed by atoms with Gasteiger partial charge in [-0.15, -0.1) is 0 Å². The number of hydrogen-bond acceptors (Lipinski definition) is 7. The Bertz CT molecular complexity index is 857. The second-order valence-electron chi connectivity index (χ2n) is 7.63.